The molecule has 2 aromatic heterocycles. The number of benzene rings is 16. The first-order valence-corrected chi connectivity index (χ1v) is 34.4. The number of para-hydroxylation sites is 7. The van der Waals surface area contributed by atoms with Crippen molar-refractivity contribution in [3.05, 3.63) is 346 Å². The quantitative estimate of drug-likeness (QED) is 0.158. The topological polar surface area (TPSA) is 61.5 Å². The van der Waals surface area contributed by atoms with Crippen molar-refractivity contribution in [3.8, 4) is 118 Å². The van der Waals surface area contributed by atoms with Gasteiger partial charge in [0.1, 0.15) is 22.5 Å². The van der Waals surface area contributed by atoms with Crippen LogP contribution in [0.3, 0.4) is 0 Å². The summed E-state index contributed by atoms with van der Waals surface area (Å²) >= 11 is 0. The zero-order valence-corrected chi connectivity index (χ0v) is 54.8. The Balaban J connectivity index is 0.000000133. The summed E-state index contributed by atoms with van der Waals surface area (Å²) in [5.41, 5.74) is 24.4. The standard InChI is InChI=1S/C48H30N2O2.C46H27NO3/c1-3-11-31(12-4-1)32-19-21-33(22-20-32)35-24-26-43-45(28-35)52-47-30-36(29-46-48(47)50(43)42-17-9-10-18-44(42)51-46)34-23-25-41-39(27-34)38-15-7-8-16-40(38)49(41)37-13-5-2-6-14-37;1-2-11-33-29(9-1)10-7-13-34(33)30-21-19-28(20-22-30)32-26-43-46-44(27-32)50-42-25-31(23-24-38(42)47(46)37-15-4-6-17-40(37)49-43)35-14-8-18-41-45(35)36-12-3-5-16-39(36)48-41/h1-30H;1-27H. The van der Waals surface area contributed by atoms with Gasteiger partial charge in [-0.15, -0.1) is 0 Å². The maximum absolute atomic E-state index is 6.85. The molecule has 0 saturated carbocycles. The van der Waals surface area contributed by atoms with E-state index < -0.39 is 0 Å². The number of anilines is 6. The largest absolute Gasteiger partial charge is 0.456 e. The SMILES string of the molecule is c1ccc(-c2ccc(-c3ccc4c(c3)Oc3cc(-c5ccc6c(c5)c5ccccc5n6-c5ccccc5)cc5c3N4c3ccccc3O5)cc2)cc1.c1ccc2c(c1)Oc1cc(-c3ccc(-c4cccc5ccccc45)cc3)cc3c1N2c1ccc(-c2cccc4oc5ccccc5c24)cc1O3. The Labute approximate surface area is 587 Å². The van der Waals surface area contributed by atoms with E-state index in [1.54, 1.807) is 0 Å². The van der Waals surface area contributed by atoms with Crippen molar-refractivity contribution >= 4 is 88.6 Å². The van der Waals surface area contributed by atoms with E-state index in [4.69, 9.17) is 23.4 Å². The van der Waals surface area contributed by atoms with Gasteiger partial charge in [0, 0.05) is 27.2 Å². The van der Waals surface area contributed by atoms with Crippen LogP contribution in [0.15, 0.2) is 350 Å². The molecule has 0 fully saturated rings. The van der Waals surface area contributed by atoms with Gasteiger partial charge in [0.05, 0.1) is 33.8 Å². The van der Waals surface area contributed by atoms with Crippen molar-refractivity contribution in [2.75, 3.05) is 9.80 Å². The fraction of sp³-hybridized carbons (Fsp3) is 0. The van der Waals surface area contributed by atoms with Crippen LogP contribution in [0.1, 0.15) is 0 Å². The number of nitrogens with zero attached hydrogens (tertiary/aromatic N) is 3. The van der Waals surface area contributed by atoms with Crippen LogP contribution in [0, 0.1) is 0 Å². The molecule has 102 heavy (non-hydrogen) atoms. The number of hydrogen-bond acceptors (Lipinski definition) is 7. The second-order valence-electron chi connectivity index (χ2n) is 26.3. The van der Waals surface area contributed by atoms with Gasteiger partial charge in [0.2, 0.25) is 0 Å². The summed E-state index contributed by atoms with van der Waals surface area (Å²) in [5, 5.41) is 7.10. The number of hydrogen-bond donors (Lipinski definition) is 0. The molecule has 8 heteroatoms. The predicted molar refractivity (Wildman–Crippen MR) is 414 cm³/mol. The lowest BCUT2D eigenvalue weighted by molar-refractivity contribution is 0.446. The predicted octanol–water partition coefficient (Wildman–Crippen LogP) is 26.9. The Morgan fingerprint density at radius 3 is 1.32 bits per heavy atom. The third kappa shape index (κ3) is 9.24. The molecular weight excluding hydrogens is 1250 g/mol. The first-order valence-electron chi connectivity index (χ1n) is 34.4. The van der Waals surface area contributed by atoms with Crippen LogP contribution >= 0.6 is 0 Å². The third-order valence-corrected chi connectivity index (χ3v) is 20.4. The first kappa shape index (κ1) is 57.3. The molecule has 18 aromatic rings. The average molecular weight is 1310 g/mol. The minimum Gasteiger partial charge on any atom is -0.456 e. The molecule has 0 atom stereocenters. The molecule has 0 radical (unpaired) electrons. The van der Waals surface area contributed by atoms with E-state index in [1.165, 1.54) is 54.8 Å². The highest BCUT2D eigenvalue weighted by Gasteiger charge is 2.38. The van der Waals surface area contributed by atoms with E-state index in [1.807, 2.05) is 54.6 Å². The van der Waals surface area contributed by atoms with E-state index in [0.717, 1.165) is 152 Å². The molecule has 0 amide bonds. The van der Waals surface area contributed by atoms with Crippen molar-refractivity contribution in [1.82, 2.24) is 4.57 Å². The van der Waals surface area contributed by atoms with E-state index in [9.17, 15) is 0 Å². The molecule has 6 heterocycles. The summed E-state index contributed by atoms with van der Waals surface area (Å²) in [6, 6.07) is 121. The molecule has 22 rings (SSSR count). The highest BCUT2D eigenvalue weighted by atomic mass is 16.5. The second-order valence-corrected chi connectivity index (χ2v) is 26.3. The number of rotatable bonds is 7. The lowest BCUT2D eigenvalue weighted by Gasteiger charge is -2.38. The van der Waals surface area contributed by atoms with E-state index in [2.05, 4.69) is 306 Å². The van der Waals surface area contributed by atoms with Crippen LogP contribution in [0.4, 0.5) is 34.1 Å². The summed E-state index contributed by atoms with van der Waals surface area (Å²) in [6.45, 7) is 0. The molecule has 16 aromatic carbocycles. The van der Waals surface area contributed by atoms with Gasteiger partial charge in [-0.2, -0.15) is 0 Å². The Morgan fingerprint density at radius 1 is 0.216 bits per heavy atom. The van der Waals surface area contributed by atoms with E-state index >= 15 is 0 Å². The Kier molecular flexibility index (Phi) is 12.9. The molecule has 0 N–H and O–H groups in total. The van der Waals surface area contributed by atoms with Crippen LogP contribution in [0.2, 0.25) is 0 Å². The van der Waals surface area contributed by atoms with Crippen molar-refractivity contribution < 1.29 is 23.4 Å². The van der Waals surface area contributed by atoms with Gasteiger partial charge in [-0.05, 0) is 193 Å². The zero-order chi connectivity index (χ0) is 66.9. The molecule has 0 aliphatic carbocycles. The number of furan rings is 1. The Bertz CT molecular complexity index is 6450. The van der Waals surface area contributed by atoms with Crippen LogP contribution in [0.5, 0.6) is 46.0 Å². The van der Waals surface area contributed by atoms with Crippen molar-refractivity contribution in [2.45, 2.75) is 0 Å². The Morgan fingerprint density at radius 2 is 0.637 bits per heavy atom. The molecule has 0 bridgehead atoms. The highest BCUT2D eigenvalue weighted by molar-refractivity contribution is 6.13. The summed E-state index contributed by atoms with van der Waals surface area (Å²) in [6.07, 6.45) is 0. The minimum absolute atomic E-state index is 0.752. The van der Waals surface area contributed by atoms with Crippen LogP contribution in [0.25, 0.3) is 127 Å². The van der Waals surface area contributed by atoms with Gasteiger partial charge < -0.3 is 27.9 Å². The molecule has 0 spiro atoms. The first-order chi connectivity index (χ1) is 50.5. The van der Waals surface area contributed by atoms with Crippen molar-refractivity contribution in [2.24, 2.45) is 0 Å². The lowest BCUT2D eigenvalue weighted by Crippen LogP contribution is -2.20. The molecule has 478 valence electrons. The fourth-order valence-corrected chi connectivity index (χ4v) is 15.7. The second kappa shape index (κ2) is 22.9. The van der Waals surface area contributed by atoms with Crippen LogP contribution < -0.4 is 28.7 Å². The molecule has 0 saturated heterocycles. The van der Waals surface area contributed by atoms with Crippen molar-refractivity contribution in [1.29, 1.82) is 0 Å². The zero-order valence-electron chi connectivity index (χ0n) is 54.8. The third-order valence-electron chi connectivity index (χ3n) is 20.4. The van der Waals surface area contributed by atoms with Gasteiger partial charge >= 0.3 is 0 Å². The van der Waals surface area contributed by atoms with E-state index in [0.29, 0.717) is 0 Å². The maximum atomic E-state index is 6.85. The van der Waals surface area contributed by atoms with Gasteiger partial charge in [-0.25, -0.2) is 0 Å². The highest BCUT2D eigenvalue weighted by Crippen LogP contribution is 2.63. The lowest BCUT2D eigenvalue weighted by atomic mass is 9.95. The molecule has 4 aliphatic rings. The van der Waals surface area contributed by atoms with Gasteiger partial charge in [-0.1, -0.05) is 231 Å². The smallest absolute Gasteiger partial charge is 0.156 e. The summed E-state index contributed by atoms with van der Waals surface area (Å²) < 4.78 is 35.5. The Hall–Kier alpha value is -13.8. The van der Waals surface area contributed by atoms with E-state index in [-0.39, 0.29) is 0 Å². The summed E-state index contributed by atoms with van der Waals surface area (Å²) in [4.78, 5) is 4.55. The fourth-order valence-electron chi connectivity index (χ4n) is 15.7. The van der Waals surface area contributed by atoms with Gasteiger partial charge in [-0.3, -0.25) is 9.80 Å². The van der Waals surface area contributed by atoms with Crippen LogP contribution in [-0.2, 0) is 0 Å². The number of aromatic nitrogens is 1. The monoisotopic (exact) mass is 1310 g/mol. The summed E-state index contributed by atoms with van der Waals surface area (Å²) in [5.74, 6) is 6.25. The molecule has 4 aliphatic heterocycles. The minimum atomic E-state index is 0.752. The maximum Gasteiger partial charge on any atom is 0.156 e. The molecule has 8 nitrogen and oxygen atoms in total. The molecular formula is C94H57N3O5. The van der Waals surface area contributed by atoms with Crippen LogP contribution in [-0.4, -0.2) is 4.57 Å². The summed E-state index contributed by atoms with van der Waals surface area (Å²) in [7, 11) is 0. The van der Waals surface area contributed by atoms with Crippen molar-refractivity contribution in [3.63, 3.8) is 0 Å². The number of ether oxygens (including phenoxy) is 4. The average Bonchev–Trinajstić information content (AvgIpc) is 0.973. The van der Waals surface area contributed by atoms with Gasteiger partial charge in [0.25, 0.3) is 0 Å². The molecule has 0 unspecified atom stereocenters. The van der Waals surface area contributed by atoms with Gasteiger partial charge in [0.15, 0.2) is 46.0 Å². The number of fused-ring (bicyclic) bond motifs is 15. The normalized spacial score (nSPS) is 12.6.